The van der Waals surface area contributed by atoms with Crippen molar-refractivity contribution in [3.63, 3.8) is 0 Å². The fraction of sp³-hybridized carbons (Fsp3) is 0.667. The second-order valence-electron chi connectivity index (χ2n) is 4.91. The third-order valence-electron chi connectivity index (χ3n) is 3.78. The quantitative estimate of drug-likeness (QED) is 0.803. The summed E-state index contributed by atoms with van der Waals surface area (Å²) in [6.07, 6.45) is 5.83. The van der Waals surface area contributed by atoms with E-state index in [1.165, 1.54) is 17.7 Å². The van der Waals surface area contributed by atoms with Crippen molar-refractivity contribution >= 4 is 5.82 Å². The highest BCUT2D eigenvalue weighted by molar-refractivity contribution is 5.53. The Morgan fingerprint density at radius 1 is 1.38 bits per heavy atom. The zero-order valence-corrected chi connectivity index (χ0v) is 9.61. The van der Waals surface area contributed by atoms with Crippen LogP contribution in [0.4, 0.5) is 5.82 Å². The molecule has 1 aliphatic carbocycles. The lowest BCUT2D eigenvalue weighted by Crippen LogP contribution is -2.62. The average Bonchev–Trinajstić information content (AvgIpc) is 2.72. The van der Waals surface area contributed by atoms with Crippen molar-refractivity contribution in [2.75, 3.05) is 18.0 Å². The molecule has 0 spiro atoms. The van der Waals surface area contributed by atoms with Gasteiger partial charge in [0.1, 0.15) is 12.1 Å². The van der Waals surface area contributed by atoms with Crippen molar-refractivity contribution < 1.29 is 5.11 Å². The Bertz CT molecular complexity index is 413. The van der Waals surface area contributed by atoms with Gasteiger partial charge < -0.3 is 10.0 Å². The fourth-order valence-electron chi connectivity index (χ4n) is 2.65. The largest absolute Gasteiger partial charge is 0.386 e. The van der Waals surface area contributed by atoms with Crippen molar-refractivity contribution in [2.24, 2.45) is 0 Å². The summed E-state index contributed by atoms with van der Waals surface area (Å²) < 4.78 is 0. The number of nitrogens with zero attached hydrogens (tertiary/aromatic N) is 3. The maximum Gasteiger partial charge on any atom is 0.135 e. The van der Waals surface area contributed by atoms with Gasteiger partial charge in [-0.2, -0.15) is 0 Å². The third kappa shape index (κ3) is 1.40. The van der Waals surface area contributed by atoms with Crippen LogP contribution in [0.2, 0.25) is 0 Å². The van der Waals surface area contributed by atoms with Gasteiger partial charge in [0.05, 0.1) is 5.60 Å². The van der Waals surface area contributed by atoms with Gasteiger partial charge in [0, 0.05) is 24.3 Å². The Balaban J connectivity index is 1.85. The SMILES string of the molecule is CCC1(O)CN(c2ncnc3c2CCC3)C1. The topological polar surface area (TPSA) is 49.2 Å². The number of anilines is 1. The molecule has 0 saturated carbocycles. The van der Waals surface area contributed by atoms with E-state index in [-0.39, 0.29) is 0 Å². The van der Waals surface area contributed by atoms with E-state index in [1.54, 1.807) is 6.33 Å². The molecule has 86 valence electrons. The number of fused-ring (bicyclic) bond motifs is 1. The molecule has 1 aromatic heterocycles. The molecule has 2 heterocycles. The Kier molecular flexibility index (Phi) is 2.14. The molecule has 0 bridgehead atoms. The lowest BCUT2D eigenvalue weighted by atomic mass is 9.91. The smallest absolute Gasteiger partial charge is 0.135 e. The van der Waals surface area contributed by atoms with Crippen molar-refractivity contribution in [1.29, 1.82) is 0 Å². The van der Waals surface area contributed by atoms with Crippen molar-refractivity contribution in [3.05, 3.63) is 17.6 Å². The molecule has 1 saturated heterocycles. The molecule has 16 heavy (non-hydrogen) atoms. The van der Waals surface area contributed by atoms with Gasteiger partial charge in [-0.05, 0) is 25.7 Å². The summed E-state index contributed by atoms with van der Waals surface area (Å²) in [7, 11) is 0. The van der Waals surface area contributed by atoms with Crippen LogP contribution in [-0.2, 0) is 12.8 Å². The van der Waals surface area contributed by atoms with Crippen LogP contribution in [0.25, 0.3) is 0 Å². The summed E-state index contributed by atoms with van der Waals surface area (Å²) >= 11 is 0. The molecule has 4 nitrogen and oxygen atoms in total. The highest BCUT2D eigenvalue weighted by Crippen LogP contribution is 2.34. The normalized spacial score (nSPS) is 21.8. The van der Waals surface area contributed by atoms with Gasteiger partial charge in [0.15, 0.2) is 0 Å². The molecular formula is C12H17N3O. The average molecular weight is 219 g/mol. The van der Waals surface area contributed by atoms with E-state index in [2.05, 4.69) is 14.9 Å². The van der Waals surface area contributed by atoms with Gasteiger partial charge in [-0.25, -0.2) is 9.97 Å². The van der Waals surface area contributed by atoms with Crippen molar-refractivity contribution in [3.8, 4) is 0 Å². The molecule has 1 N–H and O–H groups in total. The molecule has 1 aliphatic heterocycles. The molecule has 1 aromatic rings. The number of β-amino-alcohol motifs (C(OH)–C–C–N with tert-alkyl or cyclic N) is 1. The van der Waals surface area contributed by atoms with Crippen molar-refractivity contribution in [1.82, 2.24) is 9.97 Å². The number of rotatable bonds is 2. The van der Waals surface area contributed by atoms with E-state index >= 15 is 0 Å². The fourth-order valence-corrected chi connectivity index (χ4v) is 2.65. The number of hydrogen-bond donors (Lipinski definition) is 1. The first-order valence-electron chi connectivity index (χ1n) is 6.02. The molecule has 2 aliphatic rings. The summed E-state index contributed by atoms with van der Waals surface area (Å²) in [5.41, 5.74) is 2.02. The molecule has 1 fully saturated rings. The van der Waals surface area contributed by atoms with Crippen molar-refractivity contribution in [2.45, 2.75) is 38.2 Å². The Morgan fingerprint density at radius 2 is 2.19 bits per heavy atom. The van der Waals surface area contributed by atoms with Crippen LogP contribution in [0.5, 0.6) is 0 Å². The number of aliphatic hydroxyl groups is 1. The van der Waals surface area contributed by atoms with Crippen LogP contribution in [0.15, 0.2) is 6.33 Å². The van der Waals surface area contributed by atoms with Gasteiger partial charge in [0.2, 0.25) is 0 Å². The van der Waals surface area contributed by atoms with E-state index < -0.39 is 5.60 Å². The van der Waals surface area contributed by atoms with Crippen LogP contribution < -0.4 is 4.90 Å². The Morgan fingerprint density at radius 3 is 2.94 bits per heavy atom. The second kappa shape index (κ2) is 3.42. The minimum absolute atomic E-state index is 0.490. The molecule has 0 radical (unpaired) electrons. The molecule has 0 atom stereocenters. The zero-order chi connectivity index (χ0) is 11.2. The minimum Gasteiger partial charge on any atom is -0.386 e. The lowest BCUT2D eigenvalue weighted by molar-refractivity contribution is 0.00796. The summed E-state index contributed by atoms with van der Waals surface area (Å²) in [6, 6.07) is 0. The first-order valence-corrected chi connectivity index (χ1v) is 6.02. The van der Waals surface area contributed by atoms with Crippen LogP contribution in [0.1, 0.15) is 31.0 Å². The summed E-state index contributed by atoms with van der Waals surface area (Å²) in [5.74, 6) is 1.06. The van der Waals surface area contributed by atoms with E-state index in [0.29, 0.717) is 13.1 Å². The first-order chi connectivity index (χ1) is 7.72. The van der Waals surface area contributed by atoms with Crippen LogP contribution in [0.3, 0.4) is 0 Å². The second-order valence-corrected chi connectivity index (χ2v) is 4.91. The van der Waals surface area contributed by atoms with E-state index in [4.69, 9.17) is 0 Å². The molecule has 0 amide bonds. The number of aromatic nitrogens is 2. The van der Waals surface area contributed by atoms with Gasteiger partial charge in [-0.15, -0.1) is 0 Å². The standard InChI is InChI=1S/C12H17N3O/c1-2-12(16)6-15(7-12)11-9-4-3-5-10(9)13-8-14-11/h8,16H,2-7H2,1H3. The van der Waals surface area contributed by atoms with Crippen LogP contribution in [0, 0.1) is 0 Å². The molecule has 4 heteroatoms. The molecule has 3 rings (SSSR count). The summed E-state index contributed by atoms with van der Waals surface area (Å²) in [5, 5.41) is 10.0. The highest BCUT2D eigenvalue weighted by Gasteiger charge is 2.41. The predicted octanol–water partition coefficient (Wildman–Crippen LogP) is 0.926. The van der Waals surface area contributed by atoms with Crippen LogP contribution in [-0.4, -0.2) is 33.8 Å². The minimum atomic E-state index is -0.490. The molecule has 0 unspecified atom stereocenters. The predicted molar refractivity (Wildman–Crippen MR) is 61.5 cm³/mol. The number of hydrogen-bond acceptors (Lipinski definition) is 4. The summed E-state index contributed by atoms with van der Waals surface area (Å²) in [4.78, 5) is 10.9. The monoisotopic (exact) mass is 219 g/mol. The Labute approximate surface area is 95.3 Å². The van der Waals surface area contributed by atoms with E-state index in [1.807, 2.05) is 6.92 Å². The summed E-state index contributed by atoms with van der Waals surface area (Å²) in [6.45, 7) is 3.46. The number of aryl methyl sites for hydroxylation is 1. The maximum atomic E-state index is 10.0. The van der Waals surface area contributed by atoms with Gasteiger partial charge in [-0.3, -0.25) is 0 Å². The van der Waals surface area contributed by atoms with Gasteiger partial charge in [-0.1, -0.05) is 6.92 Å². The third-order valence-corrected chi connectivity index (χ3v) is 3.78. The van der Waals surface area contributed by atoms with Gasteiger partial charge in [0.25, 0.3) is 0 Å². The Hall–Kier alpha value is -1.16. The van der Waals surface area contributed by atoms with Gasteiger partial charge >= 0.3 is 0 Å². The molecule has 0 aromatic carbocycles. The first kappa shape index (κ1) is 10.0. The zero-order valence-electron chi connectivity index (χ0n) is 9.61. The highest BCUT2D eigenvalue weighted by atomic mass is 16.3. The van der Waals surface area contributed by atoms with E-state index in [9.17, 15) is 5.11 Å². The van der Waals surface area contributed by atoms with Crippen LogP contribution >= 0.6 is 0 Å². The maximum absolute atomic E-state index is 10.0. The lowest BCUT2D eigenvalue weighted by Gasteiger charge is -2.47. The molecular weight excluding hydrogens is 202 g/mol. The van der Waals surface area contributed by atoms with E-state index in [0.717, 1.165) is 25.1 Å².